The van der Waals surface area contributed by atoms with Crippen LogP contribution in [0.2, 0.25) is 0 Å². The molecular weight excluding hydrogens is 340 g/mol. The van der Waals surface area contributed by atoms with Crippen LogP contribution in [0.25, 0.3) is 0 Å². The highest BCUT2D eigenvalue weighted by Gasteiger charge is 2.23. The second kappa shape index (κ2) is 6.78. The molecule has 0 saturated carbocycles. The minimum Gasteiger partial charge on any atom is -0.367 e. The second-order valence-electron chi connectivity index (χ2n) is 6.10. The van der Waals surface area contributed by atoms with Crippen LogP contribution in [-0.2, 0) is 23.0 Å². The molecule has 0 aromatic heterocycles. The number of sulfonamides is 1. The van der Waals surface area contributed by atoms with Gasteiger partial charge in [0.15, 0.2) is 0 Å². The third-order valence-corrected chi connectivity index (χ3v) is 6.91. The van der Waals surface area contributed by atoms with Gasteiger partial charge >= 0.3 is 0 Å². The maximum absolute atomic E-state index is 12.3. The van der Waals surface area contributed by atoms with Gasteiger partial charge in [-0.25, -0.2) is 12.7 Å². The van der Waals surface area contributed by atoms with E-state index in [9.17, 15) is 8.42 Å². The summed E-state index contributed by atoms with van der Waals surface area (Å²) in [6.07, 6.45) is 2.96. The van der Waals surface area contributed by atoms with Gasteiger partial charge in [-0.1, -0.05) is 12.1 Å². The van der Waals surface area contributed by atoms with Gasteiger partial charge in [-0.3, -0.25) is 0 Å². The average Bonchev–Trinajstić information content (AvgIpc) is 2.97. The molecule has 1 aliphatic heterocycles. The molecule has 0 bridgehead atoms. The summed E-state index contributed by atoms with van der Waals surface area (Å²) in [6, 6.07) is 14.1. The van der Waals surface area contributed by atoms with Crippen molar-refractivity contribution in [2.24, 2.45) is 0 Å². The van der Waals surface area contributed by atoms with Gasteiger partial charge in [0.05, 0.1) is 4.90 Å². The number of hydrogen-bond acceptors (Lipinski definition) is 4. The Labute approximate surface area is 148 Å². The Kier molecular flexibility index (Phi) is 4.90. The topological polar surface area (TPSA) is 40.6 Å². The second-order valence-corrected chi connectivity index (χ2v) is 9.13. The summed E-state index contributed by atoms with van der Waals surface area (Å²) in [6.45, 7) is 1.77. The first-order valence-corrected chi connectivity index (χ1v) is 10.5. The van der Waals surface area contributed by atoms with Crippen LogP contribution in [0.1, 0.15) is 11.1 Å². The van der Waals surface area contributed by atoms with Crippen LogP contribution in [0, 0.1) is 0 Å². The molecule has 128 valence electrons. The Morgan fingerprint density at radius 2 is 1.83 bits per heavy atom. The molecule has 0 radical (unpaired) electrons. The van der Waals surface area contributed by atoms with E-state index in [4.69, 9.17) is 0 Å². The van der Waals surface area contributed by atoms with E-state index in [1.807, 2.05) is 12.1 Å². The van der Waals surface area contributed by atoms with Crippen molar-refractivity contribution < 1.29 is 8.42 Å². The molecule has 0 spiro atoms. The fourth-order valence-corrected chi connectivity index (χ4v) is 4.29. The summed E-state index contributed by atoms with van der Waals surface area (Å²) >= 11 is 1.74. The van der Waals surface area contributed by atoms with Crippen LogP contribution in [0.4, 0.5) is 5.69 Å². The highest BCUT2D eigenvalue weighted by atomic mass is 32.2. The van der Waals surface area contributed by atoms with Crippen LogP contribution in [0.5, 0.6) is 0 Å². The Hall–Kier alpha value is -1.50. The summed E-state index contributed by atoms with van der Waals surface area (Å²) in [5.74, 6) is 0. The molecule has 0 N–H and O–H groups in total. The molecule has 24 heavy (non-hydrogen) atoms. The summed E-state index contributed by atoms with van der Waals surface area (Å²) in [5.41, 5.74) is 3.52. The molecule has 1 heterocycles. The number of hydrogen-bond donors (Lipinski definition) is 0. The van der Waals surface area contributed by atoms with Crippen LogP contribution < -0.4 is 4.90 Å². The lowest BCUT2D eigenvalue weighted by atomic mass is 10.1. The number of rotatable bonds is 5. The van der Waals surface area contributed by atoms with Crippen molar-refractivity contribution in [2.75, 3.05) is 31.8 Å². The third kappa shape index (κ3) is 3.31. The zero-order valence-electron chi connectivity index (χ0n) is 14.2. The van der Waals surface area contributed by atoms with Gasteiger partial charge in [0.1, 0.15) is 0 Å². The predicted octanol–water partition coefficient (Wildman–Crippen LogP) is 3.22. The summed E-state index contributed by atoms with van der Waals surface area (Å²) in [5, 5.41) is 0. The minimum absolute atomic E-state index is 0.373. The number of fused-ring (bicyclic) bond motifs is 1. The summed E-state index contributed by atoms with van der Waals surface area (Å²) in [7, 11) is -0.245. The van der Waals surface area contributed by atoms with E-state index in [1.54, 1.807) is 31.9 Å². The van der Waals surface area contributed by atoms with Crippen molar-refractivity contribution in [1.82, 2.24) is 4.31 Å². The lowest BCUT2D eigenvalue weighted by Gasteiger charge is -2.20. The summed E-state index contributed by atoms with van der Waals surface area (Å²) in [4.78, 5) is 3.95. The molecule has 3 rings (SSSR count). The monoisotopic (exact) mass is 362 g/mol. The zero-order chi connectivity index (χ0) is 17.3. The Balaban J connectivity index is 1.82. The maximum atomic E-state index is 12.3. The van der Waals surface area contributed by atoms with Gasteiger partial charge in [-0.15, -0.1) is 11.8 Å². The van der Waals surface area contributed by atoms with Gasteiger partial charge < -0.3 is 4.90 Å². The zero-order valence-corrected chi connectivity index (χ0v) is 15.8. The van der Waals surface area contributed by atoms with Crippen molar-refractivity contribution in [3.63, 3.8) is 0 Å². The lowest BCUT2D eigenvalue weighted by Crippen LogP contribution is -2.22. The Bertz CT molecular complexity index is 831. The maximum Gasteiger partial charge on any atom is 0.242 e. The fourth-order valence-electron chi connectivity index (χ4n) is 2.93. The highest BCUT2D eigenvalue weighted by Crippen LogP contribution is 2.32. The van der Waals surface area contributed by atoms with Crippen molar-refractivity contribution in [3.8, 4) is 0 Å². The molecule has 0 unspecified atom stereocenters. The standard InChI is InChI=1S/C18H22N2O2S2/c1-19(2)24(21,22)17-8-9-18-15(12-17)10-11-20(18)13-14-4-6-16(23-3)7-5-14/h4-9,12H,10-11,13H2,1-3H3. The first-order valence-electron chi connectivity index (χ1n) is 7.85. The van der Waals surface area contributed by atoms with Crippen LogP contribution in [-0.4, -0.2) is 39.6 Å². The minimum atomic E-state index is -3.37. The molecule has 2 aromatic carbocycles. The summed E-state index contributed by atoms with van der Waals surface area (Å²) < 4.78 is 25.8. The molecule has 0 fully saturated rings. The quantitative estimate of drug-likeness (QED) is 0.766. The van der Waals surface area contributed by atoms with Crippen molar-refractivity contribution in [1.29, 1.82) is 0 Å². The Morgan fingerprint density at radius 3 is 2.46 bits per heavy atom. The predicted molar refractivity (Wildman–Crippen MR) is 100 cm³/mol. The number of benzene rings is 2. The Morgan fingerprint density at radius 1 is 1.12 bits per heavy atom. The molecule has 2 aromatic rings. The largest absolute Gasteiger partial charge is 0.367 e. The molecular formula is C18H22N2O2S2. The first-order chi connectivity index (χ1) is 11.4. The van der Waals surface area contributed by atoms with Crippen molar-refractivity contribution in [2.45, 2.75) is 22.8 Å². The van der Waals surface area contributed by atoms with Gasteiger partial charge in [0.2, 0.25) is 10.0 Å². The molecule has 1 aliphatic rings. The molecule has 0 atom stereocenters. The molecule has 4 nitrogen and oxygen atoms in total. The average molecular weight is 363 g/mol. The van der Waals surface area contributed by atoms with E-state index in [-0.39, 0.29) is 0 Å². The van der Waals surface area contributed by atoms with Gasteiger partial charge in [0.25, 0.3) is 0 Å². The van der Waals surface area contributed by atoms with Gasteiger partial charge in [-0.2, -0.15) is 0 Å². The molecule has 0 amide bonds. The van der Waals surface area contributed by atoms with E-state index in [2.05, 4.69) is 35.4 Å². The molecule has 0 aliphatic carbocycles. The normalized spacial score (nSPS) is 14.2. The van der Waals surface area contributed by atoms with E-state index in [1.165, 1.54) is 14.8 Å². The highest BCUT2D eigenvalue weighted by molar-refractivity contribution is 7.98. The molecule has 0 saturated heterocycles. The fraction of sp³-hybridized carbons (Fsp3) is 0.333. The molecule has 6 heteroatoms. The van der Waals surface area contributed by atoms with Crippen molar-refractivity contribution >= 4 is 27.5 Å². The van der Waals surface area contributed by atoms with Crippen LogP contribution in [0.15, 0.2) is 52.3 Å². The van der Waals surface area contributed by atoms with Crippen LogP contribution >= 0.6 is 11.8 Å². The van der Waals surface area contributed by atoms with Gasteiger partial charge in [-0.05, 0) is 54.1 Å². The lowest BCUT2D eigenvalue weighted by molar-refractivity contribution is 0.520. The smallest absolute Gasteiger partial charge is 0.242 e. The van der Waals surface area contributed by atoms with E-state index < -0.39 is 10.0 Å². The number of thioether (sulfide) groups is 1. The number of nitrogens with zero attached hydrogens (tertiary/aromatic N) is 2. The SMILES string of the molecule is CSc1ccc(CN2CCc3cc(S(=O)(=O)N(C)C)ccc32)cc1. The van der Waals surface area contributed by atoms with Gasteiger partial charge in [0, 0.05) is 37.8 Å². The first kappa shape index (κ1) is 17.3. The number of anilines is 1. The van der Waals surface area contributed by atoms with E-state index in [0.29, 0.717) is 4.90 Å². The third-order valence-electron chi connectivity index (χ3n) is 4.35. The van der Waals surface area contributed by atoms with E-state index in [0.717, 1.165) is 30.8 Å². The van der Waals surface area contributed by atoms with Crippen LogP contribution in [0.3, 0.4) is 0 Å². The van der Waals surface area contributed by atoms with E-state index >= 15 is 0 Å². The van der Waals surface area contributed by atoms with Crippen molar-refractivity contribution in [3.05, 3.63) is 53.6 Å².